The lowest BCUT2D eigenvalue weighted by Gasteiger charge is -2.32. The van der Waals surface area contributed by atoms with E-state index in [-0.39, 0.29) is 76.6 Å². The first-order valence-corrected chi connectivity index (χ1v) is 24.1. The Hall–Kier alpha value is -7.62. The third kappa shape index (κ3) is 17.6. The smallest absolute Gasteiger partial charge is 0.326 e. The molecule has 73 heavy (non-hydrogen) atoms. The van der Waals surface area contributed by atoms with Crippen LogP contribution in [-0.4, -0.2) is 190 Å². The highest BCUT2D eigenvalue weighted by atomic mass is 16.4. The third-order valence-corrected chi connectivity index (χ3v) is 12.5. The largest absolute Gasteiger partial charge is 0.480 e. The predicted molar refractivity (Wildman–Crippen MR) is 261 cm³/mol. The number of carbonyl (C=O) groups is 10. The lowest BCUT2D eigenvalue weighted by molar-refractivity contribution is -0.147. The first-order chi connectivity index (χ1) is 34.7. The Morgan fingerprint density at radius 3 is 1.74 bits per heavy atom. The van der Waals surface area contributed by atoms with Gasteiger partial charge in [-0.25, -0.2) is 4.79 Å². The van der Waals surface area contributed by atoms with E-state index in [4.69, 9.17) is 34.4 Å². The predicted octanol–water partition coefficient (Wildman–Crippen LogP) is -6.36. The van der Waals surface area contributed by atoms with E-state index in [2.05, 4.69) is 36.6 Å². The molecule has 4 rings (SSSR count). The number of hydrogen-bond donors (Lipinski definition) is 13. The number of aliphatic hydroxyl groups is 1. The molecule has 0 radical (unpaired) electrons. The molecule has 0 aromatic heterocycles. The third-order valence-electron chi connectivity index (χ3n) is 12.5. The van der Waals surface area contributed by atoms with Gasteiger partial charge in [-0.1, -0.05) is 30.3 Å². The van der Waals surface area contributed by atoms with Gasteiger partial charge >= 0.3 is 5.97 Å². The highest BCUT2D eigenvalue weighted by Gasteiger charge is 2.44. The Kier molecular flexibility index (Phi) is 22.6. The van der Waals surface area contributed by atoms with E-state index in [1.54, 1.807) is 30.3 Å². The van der Waals surface area contributed by atoms with Crippen molar-refractivity contribution in [2.24, 2.45) is 44.4 Å². The quantitative estimate of drug-likeness (QED) is 0.0221. The summed E-state index contributed by atoms with van der Waals surface area (Å²) >= 11 is 0. The van der Waals surface area contributed by atoms with Crippen molar-refractivity contribution < 1.29 is 58.2 Å². The molecule has 28 nitrogen and oxygen atoms in total. The maximum absolute atomic E-state index is 13.9. The van der Waals surface area contributed by atoms with Crippen molar-refractivity contribution in [2.75, 3.05) is 45.9 Å². The Morgan fingerprint density at radius 2 is 1.16 bits per heavy atom. The van der Waals surface area contributed by atoms with Gasteiger partial charge < -0.3 is 85.9 Å². The number of rotatable bonds is 27. The second-order valence-corrected chi connectivity index (χ2v) is 18.0. The Balaban J connectivity index is 1.36. The molecular formula is C45H70N16O12. The van der Waals surface area contributed by atoms with Crippen LogP contribution in [0.5, 0.6) is 0 Å². The molecule has 1 aromatic rings. The van der Waals surface area contributed by atoms with Gasteiger partial charge in [-0.3, -0.25) is 53.1 Å². The van der Waals surface area contributed by atoms with Crippen molar-refractivity contribution in [3.63, 3.8) is 0 Å². The number of likely N-dealkylation sites (tertiary alicyclic amines) is 3. The number of aliphatic imine (C=N–C) groups is 2. The number of guanidine groups is 2. The standard InChI is InChI=1S/C45H70N16O12/c46-26(11-4-16-52-44(48)49)40(69)61-20-8-15-33(61)42(71)60-19-6-13-31(60)38(67)54-23-35(64)55-29(22-34(47)63)37(66)58-30(24-62)41(70)59-18-7-14-32(59)39(68)57-28(21-25-9-2-1-3-10-25)36(65)56-27(43(72)73)12-5-17-53-45(50)51/h1-3,9-10,26-33,62H,4-8,11-24,46H2,(H2,47,63)(H,54,67)(H,55,64)(H,56,65)(H,57,68)(H,58,66)(H,72,73)(H4,48,49,52)(H4,50,51,53)/t26-,27-,28-,29-,30-,31-,32-,33-/m0/s1. The monoisotopic (exact) mass is 1030 g/mol. The van der Waals surface area contributed by atoms with Gasteiger partial charge in [0.25, 0.3) is 0 Å². The van der Waals surface area contributed by atoms with Crippen molar-refractivity contribution in [3.8, 4) is 0 Å². The second kappa shape index (κ2) is 28.4. The van der Waals surface area contributed by atoms with Gasteiger partial charge in [0.05, 0.1) is 25.6 Å². The molecule has 9 amide bonds. The fraction of sp³-hybridized carbons (Fsp3) is 0.600. The van der Waals surface area contributed by atoms with E-state index in [0.29, 0.717) is 44.2 Å². The highest BCUT2D eigenvalue weighted by molar-refractivity contribution is 5.99. The molecule has 1 aromatic carbocycles. The van der Waals surface area contributed by atoms with Crippen molar-refractivity contribution >= 4 is 71.1 Å². The summed E-state index contributed by atoms with van der Waals surface area (Å²) < 4.78 is 0. The molecule has 3 fully saturated rings. The molecule has 8 atom stereocenters. The lowest BCUT2D eigenvalue weighted by atomic mass is 10.0. The van der Waals surface area contributed by atoms with Gasteiger partial charge in [0, 0.05) is 39.1 Å². The Morgan fingerprint density at radius 1 is 0.630 bits per heavy atom. The molecule has 19 N–H and O–H groups in total. The summed E-state index contributed by atoms with van der Waals surface area (Å²) in [7, 11) is 0. The number of nitrogens with one attached hydrogen (secondary N) is 5. The van der Waals surface area contributed by atoms with Gasteiger partial charge in [-0.05, 0) is 69.8 Å². The van der Waals surface area contributed by atoms with E-state index >= 15 is 0 Å². The summed E-state index contributed by atoms with van der Waals surface area (Å²) in [6, 6.07) is -1.45. The number of aliphatic carboxylic acids is 1. The number of amides is 9. The number of carboxylic acids is 1. The molecule has 0 saturated carbocycles. The topological polar surface area (TPSA) is 462 Å². The van der Waals surface area contributed by atoms with Gasteiger partial charge in [-0.2, -0.15) is 0 Å². The lowest BCUT2D eigenvalue weighted by Crippen LogP contribution is -2.60. The molecule has 0 bridgehead atoms. The Labute approximate surface area is 421 Å². The maximum Gasteiger partial charge on any atom is 0.326 e. The summed E-state index contributed by atoms with van der Waals surface area (Å²) in [5.41, 5.74) is 33.6. The number of aliphatic hydroxyl groups excluding tert-OH is 1. The molecule has 3 aliphatic rings. The molecule has 0 spiro atoms. The number of nitrogens with two attached hydrogens (primary N) is 6. The zero-order valence-electron chi connectivity index (χ0n) is 40.6. The number of nitrogens with zero attached hydrogens (tertiary/aromatic N) is 5. The van der Waals surface area contributed by atoms with Crippen molar-refractivity contribution in [3.05, 3.63) is 35.9 Å². The molecular weight excluding hydrogens is 957 g/mol. The van der Waals surface area contributed by atoms with Crippen LogP contribution in [0.4, 0.5) is 0 Å². The van der Waals surface area contributed by atoms with Crippen LogP contribution in [-0.2, 0) is 54.4 Å². The van der Waals surface area contributed by atoms with E-state index < -0.39 is 127 Å². The molecule has 3 heterocycles. The summed E-state index contributed by atoms with van der Waals surface area (Å²) in [5.74, 6) is -8.77. The maximum atomic E-state index is 13.9. The molecule has 402 valence electrons. The normalized spacial score (nSPS) is 19.3. The van der Waals surface area contributed by atoms with E-state index in [9.17, 15) is 58.2 Å². The molecule has 3 aliphatic heterocycles. The van der Waals surface area contributed by atoms with Crippen LogP contribution in [0.2, 0.25) is 0 Å². The minimum atomic E-state index is -1.70. The molecule has 0 unspecified atom stereocenters. The average molecular weight is 1030 g/mol. The number of carboxylic acid groups (broad SMARTS) is 1. The number of primary amides is 1. The van der Waals surface area contributed by atoms with Crippen LogP contribution in [0, 0.1) is 0 Å². The summed E-state index contributed by atoms with van der Waals surface area (Å²) in [5, 5.41) is 32.3. The average Bonchev–Trinajstić information content (AvgIpc) is 4.16. The highest BCUT2D eigenvalue weighted by Crippen LogP contribution is 2.26. The number of hydrogen-bond acceptors (Lipinski definition) is 14. The van der Waals surface area contributed by atoms with Crippen LogP contribution in [0.15, 0.2) is 40.3 Å². The zero-order chi connectivity index (χ0) is 53.8. The second-order valence-electron chi connectivity index (χ2n) is 18.0. The Bertz CT molecular complexity index is 2210. The summed E-state index contributed by atoms with van der Waals surface area (Å²) in [6.07, 6.45) is 2.09. The first kappa shape index (κ1) is 58.0. The van der Waals surface area contributed by atoms with Crippen molar-refractivity contribution in [1.29, 1.82) is 0 Å². The number of carbonyl (C=O) groups excluding carboxylic acids is 9. The molecule has 3 saturated heterocycles. The fourth-order valence-corrected chi connectivity index (χ4v) is 8.90. The summed E-state index contributed by atoms with van der Waals surface area (Å²) in [4.78, 5) is 144. The van der Waals surface area contributed by atoms with E-state index in [1.165, 1.54) is 9.80 Å². The molecule has 28 heteroatoms. The van der Waals surface area contributed by atoms with Gasteiger partial charge in [0.15, 0.2) is 11.9 Å². The van der Waals surface area contributed by atoms with Crippen LogP contribution < -0.4 is 61.0 Å². The van der Waals surface area contributed by atoms with E-state index in [0.717, 1.165) is 4.90 Å². The minimum Gasteiger partial charge on any atom is -0.480 e. The summed E-state index contributed by atoms with van der Waals surface area (Å²) in [6.45, 7) is -0.810. The fourth-order valence-electron chi connectivity index (χ4n) is 8.90. The van der Waals surface area contributed by atoms with Gasteiger partial charge in [0.2, 0.25) is 53.2 Å². The SMILES string of the molecule is NC(=O)C[C@H](NC(=O)CNC(=O)[C@@H]1CCCN1C(=O)[C@@H]1CCCN1C(=O)[C@@H](N)CCCN=C(N)N)C(=O)N[C@@H](CO)C(=O)N1CCC[C@H]1C(=O)N[C@@H](Cc1ccccc1)C(=O)N[C@@H](CCCN=C(N)N)C(=O)O. The van der Waals surface area contributed by atoms with Crippen molar-refractivity contribution in [1.82, 2.24) is 41.3 Å². The van der Waals surface area contributed by atoms with Gasteiger partial charge in [0.1, 0.15) is 42.3 Å². The van der Waals surface area contributed by atoms with Crippen LogP contribution in [0.3, 0.4) is 0 Å². The zero-order valence-corrected chi connectivity index (χ0v) is 40.6. The first-order valence-electron chi connectivity index (χ1n) is 24.1. The van der Waals surface area contributed by atoms with E-state index in [1.807, 2.05) is 0 Å². The van der Waals surface area contributed by atoms with Crippen LogP contribution in [0.1, 0.15) is 76.2 Å². The molecule has 0 aliphatic carbocycles. The van der Waals surface area contributed by atoms with Gasteiger partial charge in [-0.15, -0.1) is 0 Å². The minimum absolute atomic E-state index is 0.00508. The van der Waals surface area contributed by atoms with Crippen LogP contribution in [0.25, 0.3) is 0 Å². The van der Waals surface area contributed by atoms with Crippen LogP contribution >= 0.6 is 0 Å². The van der Waals surface area contributed by atoms with Crippen molar-refractivity contribution in [2.45, 2.75) is 125 Å². The number of benzene rings is 1.